The van der Waals surface area contributed by atoms with Gasteiger partial charge >= 0.3 is 0 Å². The van der Waals surface area contributed by atoms with E-state index in [-0.39, 0.29) is 5.41 Å². The van der Waals surface area contributed by atoms with Gasteiger partial charge in [0, 0.05) is 42.0 Å². The molecular formula is C52H39NS. The fourth-order valence-electron chi connectivity index (χ4n) is 12.5. The summed E-state index contributed by atoms with van der Waals surface area (Å²) in [7, 11) is 0. The molecule has 14 rings (SSSR count). The maximum atomic E-state index is 2.62. The van der Waals surface area contributed by atoms with Crippen LogP contribution in [0.25, 0.3) is 81.0 Å². The average Bonchev–Trinajstić information content (AvgIpc) is 3.85. The third kappa shape index (κ3) is 3.94. The van der Waals surface area contributed by atoms with E-state index in [1.807, 2.05) is 11.3 Å². The highest BCUT2D eigenvalue weighted by atomic mass is 32.1. The van der Waals surface area contributed by atoms with Gasteiger partial charge in [-0.3, -0.25) is 0 Å². The van der Waals surface area contributed by atoms with Crippen LogP contribution in [0.15, 0.2) is 152 Å². The molecule has 0 amide bonds. The maximum absolute atomic E-state index is 2.62. The molecule has 2 heterocycles. The van der Waals surface area contributed by atoms with E-state index >= 15 is 0 Å². The molecule has 1 spiro atoms. The number of hydrogen-bond donors (Lipinski definition) is 0. The van der Waals surface area contributed by atoms with Crippen LogP contribution in [0.1, 0.15) is 43.2 Å². The molecule has 2 aromatic heterocycles. The van der Waals surface area contributed by atoms with Gasteiger partial charge in [0.15, 0.2) is 0 Å². The summed E-state index contributed by atoms with van der Waals surface area (Å²) in [6.45, 7) is 0. The Morgan fingerprint density at radius 1 is 0.426 bits per heavy atom. The zero-order valence-electron chi connectivity index (χ0n) is 30.1. The molecule has 1 nitrogen and oxygen atoms in total. The van der Waals surface area contributed by atoms with Crippen LogP contribution >= 0.6 is 11.3 Å². The van der Waals surface area contributed by atoms with Gasteiger partial charge in [0.1, 0.15) is 0 Å². The van der Waals surface area contributed by atoms with Crippen molar-refractivity contribution in [3.63, 3.8) is 0 Å². The second-order valence-corrected chi connectivity index (χ2v) is 18.0. The Labute approximate surface area is 319 Å². The fourth-order valence-corrected chi connectivity index (χ4v) is 13.6. The number of nitrogens with zero attached hydrogens (tertiary/aromatic N) is 1. The number of thiophene rings is 1. The summed E-state index contributed by atoms with van der Waals surface area (Å²) in [6, 6.07) is 58.0. The summed E-state index contributed by atoms with van der Waals surface area (Å²) in [5.74, 6) is 3.47. The molecule has 0 saturated heterocycles. The number of hydrogen-bond acceptors (Lipinski definition) is 1. The fraction of sp³-hybridized carbons (Fsp3) is 0.192. The summed E-state index contributed by atoms with van der Waals surface area (Å²) in [4.78, 5) is 0. The molecule has 0 radical (unpaired) electrons. The predicted molar refractivity (Wildman–Crippen MR) is 228 cm³/mol. The first-order valence-corrected chi connectivity index (χ1v) is 20.8. The Balaban J connectivity index is 0.900. The van der Waals surface area contributed by atoms with E-state index in [9.17, 15) is 0 Å². The highest BCUT2D eigenvalue weighted by Crippen LogP contribution is 2.69. The van der Waals surface area contributed by atoms with Crippen molar-refractivity contribution in [2.45, 2.75) is 37.5 Å². The lowest BCUT2D eigenvalue weighted by atomic mass is 9.43. The third-order valence-corrected chi connectivity index (χ3v) is 15.5. The summed E-state index contributed by atoms with van der Waals surface area (Å²) >= 11 is 1.89. The van der Waals surface area contributed by atoms with Crippen molar-refractivity contribution < 1.29 is 0 Å². The quantitative estimate of drug-likeness (QED) is 0.172. The van der Waals surface area contributed by atoms with Gasteiger partial charge in [-0.1, -0.05) is 103 Å². The predicted octanol–water partition coefficient (Wildman–Crippen LogP) is 14.2. The minimum absolute atomic E-state index is 0.195. The SMILES string of the molecule is c1ccc2c(c1)-c1ccc(-c3ccc(-n4c5ccccc5c5cc(-c6ccc7c(c6)sc6ccccc67)ccc54)cc3)cc1C21C2CC3CC(C2)CC1C3. The van der Waals surface area contributed by atoms with Crippen molar-refractivity contribution in [1.29, 1.82) is 0 Å². The van der Waals surface area contributed by atoms with Gasteiger partial charge in [0.25, 0.3) is 0 Å². The Bertz CT molecular complexity index is 2980. The zero-order chi connectivity index (χ0) is 35.1. The van der Waals surface area contributed by atoms with Crippen molar-refractivity contribution in [1.82, 2.24) is 4.57 Å². The number of para-hydroxylation sites is 1. The van der Waals surface area contributed by atoms with Crippen LogP contribution in [0.3, 0.4) is 0 Å². The van der Waals surface area contributed by atoms with Crippen molar-refractivity contribution in [3.8, 4) is 39.1 Å². The average molecular weight is 710 g/mol. The molecule has 7 aromatic carbocycles. The van der Waals surface area contributed by atoms with Crippen molar-refractivity contribution in [2.24, 2.45) is 23.7 Å². The lowest BCUT2D eigenvalue weighted by Crippen LogP contribution is -2.55. The molecule has 2 heteroatoms. The van der Waals surface area contributed by atoms with Crippen LogP contribution in [0.4, 0.5) is 0 Å². The first-order valence-electron chi connectivity index (χ1n) is 20.0. The molecular weight excluding hydrogens is 671 g/mol. The number of rotatable bonds is 3. The smallest absolute Gasteiger partial charge is 0.0541 e. The minimum Gasteiger partial charge on any atom is -0.309 e. The van der Waals surface area contributed by atoms with E-state index in [2.05, 4.69) is 156 Å². The van der Waals surface area contributed by atoms with Crippen molar-refractivity contribution in [3.05, 3.63) is 163 Å². The molecule has 0 N–H and O–H groups in total. The summed E-state index contributed by atoms with van der Waals surface area (Å²) in [5.41, 5.74) is 15.3. The third-order valence-electron chi connectivity index (χ3n) is 14.4. The number of benzene rings is 7. The normalized spacial score (nSPS) is 23.6. The first-order chi connectivity index (χ1) is 26.7. The Hall–Kier alpha value is -5.44. The van der Waals surface area contributed by atoms with Crippen LogP contribution in [-0.4, -0.2) is 4.57 Å². The molecule has 5 aliphatic rings. The van der Waals surface area contributed by atoms with E-state index in [1.165, 1.54) is 113 Å². The monoisotopic (exact) mass is 709 g/mol. The van der Waals surface area contributed by atoms with Crippen LogP contribution < -0.4 is 0 Å². The van der Waals surface area contributed by atoms with E-state index < -0.39 is 0 Å². The molecule has 9 aromatic rings. The summed E-state index contributed by atoms with van der Waals surface area (Å²) in [5, 5.41) is 5.28. The first kappa shape index (κ1) is 29.9. The Kier molecular flexibility index (Phi) is 6.01. The molecule has 5 aliphatic carbocycles. The Morgan fingerprint density at radius 2 is 1.04 bits per heavy atom. The van der Waals surface area contributed by atoms with Gasteiger partial charge < -0.3 is 4.57 Å². The van der Waals surface area contributed by atoms with E-state index in [1.54, 1.807) is 11.1 Å². The zero-order valence-corrected chi connectivity index (χ0v) is 31.0. The second-order valence-electron chi connectivity index (χ2n) is 16.9. The Morgan fingerprint density at radius 3 is 1.89 bits per heavy atom. The lowest BCUT2D eigenvalue weighted by molar-refractivity contribution is -0.0399. The van der Waals surface area contributed by atoms with Crippen LogP contribution in [0.2, 0.25) is 0 Å². The van der Waals surface area contributed by atoms with Gasteiger partial charge in [0.2, 0.25) is 0 Å². The van der Waals surface area contributed by atoms with Crippen LogP contribution in [-0.2, 0) is 5.41 Å². The topological polar surface area (TPSA) is 4.93 Å². The molecule has 0 unspecified atom stereocenters. The molecule has 4 fully saturated rings. The molecule has 0 aliphatic heterocycles. The van der Waals surface area contributed by atoms with E-state index in [0.29, 0.717) is 0 Å². The standard InChI is InChI=1S/C52H39NS/c1-4-10-46-40(7-1)41-20-15-35(29-47(41)52(46)37-24-31-23-32(26-37)27-38(52)25-31)33-13-18-39(19-14-33)53-48-11-5-2-8-42(48)45-28-34(17-22-49(45)53)36-16-21-44-43-9-3-6-12-50(43)54-51(44)30-36/h1-22,28-32,37-38H,23-27H2. The minimum atomic E-state index is 0.195. The van der Waals surface area contributed by atoms with Gasteiger partial charge in [-0.25, -0.2) is 0 Å². The van der Waals surface area contributed by atoms with Gasteiger partial charge in [-0.15, -0.1) is 11.3 Å². The largest absolute Gasteiger partial charge is 0.309 e. The summed E-state index contributed by atoms with van der Waals surface area (Å²) in [6.07, 6.45) is 7.16. The van der Waals surface area contributed by atoms with Gasteiger partial charge in [0.05, 0.1) is 11.0 Å². The van der Waals surface area contributed by atoms with E-state index in [4.69, 9.17) is 0 Å². The molecule has 4 saturated carbocycles. The van der Waals surface area contributed by atoms with Crippen molar-refractivity contribution >= 4 is 53.3 Å². The van der Waals surface area contributed by atoms with Crippen molar-refractivity contribution in [2.75, 3.05) is 0 Å². The molecule has 258 valence electrons. The molecule has 0 atom stereocenters. The molecule has 54 heavy (non-hydrogen) atoms. The maximum Gasteiger partial charge on any atom is 0.0541 e. The highest BCUT2D eigenvalue weighted by molar-refractivity contribution is 7.25. The highest BCUT2D eigenvalue weighted by Gasteiger charge is 2.61. The van der Waals surface area contributed by atoms with E-state index in [0.717, 1.165) is 23.7 Å². The van der Waals surface area contributed by atoms with Gasteiger partial charge in [-0.2, -0.15) is 0 Å². The lowest BCUT2D eigenvalue weighted by Gasteiger charge is -2.61. The van der Waals surface area contributed by atoms with Crippen LogP contribution in [0.5, 0.6) is 0 Å². The number of aromatic nitrogens is 1. The van der Waals surface area contributed by atoms with Gasteiger partial charge in [-0.05, 0) is 149 Å². The second kappa shape index (κ2) is 10.8. The van der Waals surface area contributed by atoms with Crippen LogP contribution in [0, 0.1) is 23.7 Å². The number of fused-ring (bicyclic) bond motifs is 9. The molecule has 4 bridgehead atoms. The summed E-state index contributed by atoms with van der Waals surface area (Å²) < 4.78 is 5.15.